The van der Waals surface area contributed by atoms with Crippen LogP contribution in [0, 0.1) is 23.7 Å². The molecule has 1 unspecified atom stereocenters. The summed E-state index contributed by atoms with van der Waals surface area (Å²) in [6, 6.07) is 0. The maximum Gasteiger partial charge on any atom is 0.158 e. The Labute approximate surface area is 202 Å². The fraction of sp³-hybridized carbons (Fsp3) is 0.655. The second-order valence-electron chi connectivity index (χ2n) is 10.3. The van der Waals surface area contributed by atoms with Gasteiger partial charge in [0.15, 0.2) is 11.7 Å². The third kappa shape index (κ3) is 6.74. The van der Waals surface area contributed by atoms with Gasteiger partial charge in [-0.3, -0.25) is 0 Å². The molecule has 0 saturated heterocycles. The van der Waals surface area contributed by atoms with Crippen LogP contribution in [0.4, 0.5) is 17.6 Å². The Bertz CT molecular complexity index is 821. The van der Waals surface area contributed by atoms with Gasteiger partial charge in [0.2, 0.25) is 0 Å². The Morgan fingerprint density at radius 3 is 2.35 bits per heavy atom. The molecule has 5 heteroatoms. The normalized spacial score (nSPS) is 31.8. The predicted molar refractivity (Wildman–Crippen MR) is 131 cm³/mol. The highest BCUT2D eigenvalue weighted by molar-refractivity contribution is 5.35. The first-order valence-electron chi connectivity index (χ1n) is 13.1. The molecule has 1 nitrogen and oxygen atoms in total. The van der Waals surface area contributed by atoms with Gasteiger partial charge in [-0.25, -0.2) is 17.6 Å². The lowest BCUT2D eigenvalue weighted by atomic mass is 9.78. The molecule has 0 N–H and O–H groups in total. The SMILES string of the molecule is C=C/C=C(\C(F)=C(\F)CCOC1CCC(C2=CCC(CC)C(F)=C2F)CC1)C1CCC(C)CC1. The number of hydrogen-bond donors (Lipinski definition) is 0. The highest BCUT2D eigenvalue weighted by Crippen LogP contribution is 2.42. The molecule has 0 heterocycles. The van der Waals surface area contributed by atoms with Crippen LogP contribution in [-0.4, -0.2) is 12.7 Å². The highest BCUT2D eigenvalue weighted by Gasteiger charge is 2.32. The average Bonchev–Trinajstić information content (AvgIpc) is 2.85. The zero-order valence-electron chi connectivity index (χ0n) is 20.7. The minimum Gasteiger partial charge on any atom is -0.378 e. The van der Waals surface area contributed by atoms with E-state index in [0.29, 0.717) is 55.6 Å². The van der Waals surface area contributed by atoms with Crippen molar-refractivity contribution in [3.05, 3.63) is 59.3 Å². The van der Waals surface area contributed by atoms with E-state index in [1.807, 2.05) is 13.0 Å². The zero-order chi connectivity index (χ0) is 24.7. The quantitative estimate of drug-likeness (QED) is 0.236. The van der Waals surface area contributed by atoms with Crippen molar-refractivity contribution in [2.75, 3.05) is 6.61 Å². The van der Waals surface area contributed by atoms with Gasteiger partial charge < -0.3 is 4.74 Å². The van der Waals surface area contributed by atoms with Gasteiger partial charge in [-0.1, -0.05) is 51.5 Å². The highest BCUT2D eigenvalue weighted by atomic mass is 19.2. The third-order valence-electron chi connectivity index (χ3n) is 7.97. The van der Waals surface area contributed by atoms with E-state index in [4.69, 9.17) is 4.74 Å². The lowest BCUT2D eigenvalue weighted by molar-refractivity contribution is 0.0211. The smallest absolute Gasteiger partial charge is 0.158 e. The number of hydrogen-bond acceptors (Lipinski definition) is 1. The number of allylic oxidation sites excluding steroid dienone is 8. The summed E-state index contributed by atoms with van der Waals surface area (Å²) >= 11 is 0. The van der Waals surface area contributed by atoms with Gasteiger partial charge in [0.05, 0.1) is 12.7 Å². The van der Waals surface area contributed by atoms with Crippen molar-refractivity contribution in [3.63, 3.8) is 0 Å². The molecule has 0 radical (unpaired) electrons. The van der Waals surface area contributed by atoms with Crippen LogP contribution in [0.15, 0.2) is 59.3 Å². The van der Waals surface area contributed by atoms with E-state index in [-0.39, 0.29) is 36.9 Å². The second kappa shape index (κ2) is 12.9. The molecule has 3 rings (SSSR count). The molecule has 2 saturated carbocycles. The molecular formula is C29H40F4O. The fourth-order valence-corrected chi connectivity index (χ4v) is 5.68. The number of rotatable bonds is 9. The second-order valence-corrected chi connectivity index (χ2v) is 10.3. The molecule has 0 amide bonds. The van der Waals surface area contributed by atoms with Crippen molar-refractivity contribution >= 4 is 0 Å². The molecule has 0 aliphatic heterocycles. The first kappa shape index (κ1) is 27.0. The average molecular weight is 481 g/mol. The van der Waals surface area contributed by atoms with Gasteiger partial charge in [0, 0.05) is 12.3 Å². The van der Waals surface area contributed by atoms with Crippen LogP contribution < -0.4 is 0 Å². The van der Waals surface area contributed by atoms with Crippen LogP contribution in [0.25, 0.3) is 0 Å². The summed E-state index contributed by atoms with van der Waals surface area (Å²) in [4.78, 5) is 0. The topological polar surface area (TPSA) is 9.23 Å². The standard InChI is InChI=1S/C29H40F4O/c1-4-6-24(21-9-7-19(3)8-10-21)28(32)26(30)17-18-34-23-14-11-22(12-15-23)25-16-13-20(5-2)27(31)29(25)33/h4,6,16,19-23H,1,5,7-15,17-18H2,2-3H3/b24-6-,28-26-. The molecule has 1 atom stereocenters. The monoisotopic (exact) mass is 480 g/mol. The van der Waals surface area contributed by atoms with Crippen molar-refractivity contribution in [2.45, 2.75) is 90.6 Å². The molecule has 0 aromatic carbocycles. The maximum absolute atomic E-state index is 14.9. The maximum atomic E-state index is 14.9. The molecule has 34 heavy (non-hydrogen) atoms. The van der Waals surface area contributed by atoms with Gasteiger partial charge in [-0.15, -0.1) is 0 Å². The lowest BCUT2D eigenvalue weighted by Gasteiger charge is -2.31. The summed E-state index contributed by atoms with van der Waals surface area (Å²) in [6.45, 7) is 7.85. The Hall–Kier alpha value is -1.62. The van der Waals surface area contributed by atoms with E-state index in [1.54, 1.807) is 6.08 Å². The minimum absolute atomic E-state index is 0.00212. The van der Waals surface area contributed by atoms with E-state index < -0.39 is 23.3 Å². The first-order valence-corrected chi connectivity index (χ1v) is 13.1. The van der Waals surface area contributed by atoms with E-state index in [1.165, 1.54) is 6.08 Å². The largest absolute Gasteiger partial charge is 0.378 e. The fourth-order valence-electron chi connectivity index (χ4n) is 5.68. The zero-order valence-corrected chi connectivity index (χ0v) is 20.7. The van der Waals surface area contributed by atoms with Crippen molar-refractivity contribution in [1.29, 1.82) is 0 Å². The Morgan fingerprint density at radius 1 is 1.06 bits per heavy atom. The van der Waals surface area contributed by atoms with Crippen LogP contribution in [0.5, 0.6) is 0 Å². The summed E-state index contributed by atoms with van der Waals surface area (Å²) < 4.78 is 64.2. The van der Waals surface area contributed by atoms with Crippen molar-refractivity contribution in [1.82, 2.24) is 0 Å². The van der Waals surface area contributed by atoms with Gasteiger partial charge in [-0.05, 0) is 80.3 Å². The number of halogens is 4. The third-order valence-corrected chi connectivity index (χ3v) is 7.97. The van der Waals surface area contributed by atoms with E-state index in [0.717, 1.165) is 25.7 Å². The molecule has 0 aromatic rings. The van der Waals surface area contributed by atoms with Gasteiger partial charge >= 0.3 is 0 Å². The first-order chi connectivity index (χ1) is 16.3. The van der Waals surface area contributed by atoms with Crippen molar-refractivity contribution < 1.29 is 22.3 Å². The van der Waals surface area contributed by atoms with Gasteiger partial charge in [-0.2, -0.15) is 0 Å². The lowest BCUT2D eigenvalue weighted by Crippen LogP contribution is -2.24. The van der Waals surface area contributed by atoms with Crippen LogP contribution in [0.1, 0.15) is 84.5 Å². The Kier molecular flexibility index (Phi) is 10.2. The summed E-state index contributed by atoms with van der Waals surface area (Å²) in [5, 5.41) is 0. The van der Waals surface area contributed by atoms with E-state index >= 15 is 0 Å². The molecular weight excluding hydrogens is 440 g/mol. The molecule has 0 bridgehead atoms. The molecule has 190 valence electrons. The summed E-state index contributed by atoms with van der Waals surface area (Å²) in [5.74, 6) is -2.45. The van der Waals surface area contributed by atoms with E-state index in [9.17, 15) is 17.6 Å². The minimum atomic E-state index is -0.763. The molecule has 0 aromatic heterocycles. The predicted octanol–water partition coefficient (Wildman–Crippen LogP) is 9.55. The molecule has 3 aliphatic rings. The van der Waals surface area contributed by atoms with Crippen LogP contribution in [0.2, 0.25) is 0 Å². The summed E-state index contributed by atoms with van der Waals surface area (Å²) in [5.41, 5.74) is 0.934. The van der Waals surface area contributed by atoms with Crippen molar-refractivity contribution in [2.24, 2.45) is 23.7 Å². The van der Waals surface area contributed by atoms with Gasteiger partial charge in [0.25, 0.3) is 0 Å². The molecule has 0 spiro atoms. The van der Waals surface area contributed by atoms with Crippen LogP contribution >= 0.6 is 0 Å². The van der Waals surface area contributed by atoms with Crippen LogP contribution in [0.3, 0.4) is 0 Å². The van der Waals surface area contributed by atoms with Crippen LogP contribution in [-0.2, 0) is 4.74 Å². The van der Waals surface area contributed by atoms with Gasteiger partial charge in [0.1, 0.15) is 11.7 Å². The Balaban J connectivity index is 1.47. The molecule has 2 fully saturated rings. The van der Waals surface area contributed by atoms with E-state index in [2.05, 4.69) is 13.5 Å². The van der Waals surface area contributed by atoms with Crippen molar-refractivity contribution in [3.8, 4) is 0 Å². The summed E-state index contributed by atoms with van der Waals surface area (Å²) in [6.07, 6.45) is 12.7. The number of ether oxygens (including phenoxy) is 1. The summed E-state index contributed by atoms with van der Waals surface area (Å²) in [7, 11) is 0. The Morgan fingerprint density at radius 2 is 1.74 bits per heavy atom. The molecule has 3 aliphatic carbocycles.